The molecule has 0 radical (unpaired) electrons. The van der Waals surface area contributed by atoms with Gasteiger partial charge in [0.2, 0.25) is 0 Å². The normalized spacial score (nSPS) is 23.7. The zero-order valence-corrected chi connectivity index (χ0v) is 11.2. The Bertz CT molecular complexity index is 455. The molecule has 1 aliphatic rings. The Morgan fingerprint density at radius 1 is 1.50 bits per heavy atom. The van der Waals surface area contributed by atoms with Gasteiger partial charge in [-0.15, -0.1) is 11.3 Å². The first kappa shape index (κ1) is 12.4. The van der Waals surface area contributed by atoms with Crippen molar-refractivity contribution in [2.75, 3.05) is 12.3 Å². The fourth-order valence-electron chi connectivity index (χ4n) is 1.89. The largest absolute Gasteiger partial charge is 0.311 e. The summed E-state index contributed by atoms with van der Waals surface area (Å²) in [4.78, 5) is 1.14. The van der Waals surface area contributed by atoms with Crippen LogP contribution < -0.4 is 5.32 Å². The van der Waals surface area contributed by atoms with Crippen LogP contribution in [0, 0.1) is 0 Å². The summed E-state index contributed by atoms with van der Waals surface area (Å²) in [5, 5.41) is 2.99. The molecule has 16 heavy (non-hydrogen) atoms. The summed E-state index contributed by atoms with van der Waals surface area (Å²) < 4.78 is 23.9. The first-order valence-corrected chi connectivity index (χ1v) is 8.15. The van der Waals surface area contributed by atoms with Crippen molar-refractivity contribution < 1.29 is 8.42 Å². The molecule has 0 amide bonds. The van der Waals surface area contributed by atoms with Crippen molar-refractivity contribution in [1.29, 1.82) is 0 Å². The number of nitrogens with one attached hydrogen (secondary N) is 1. The lowest BCUT2D eigenvalue weighted by atomic mass is 10.2. The highest BCUT2D eigenvalue weighted by atomic mass is 35.5. The first-order chi connectivity index (χ1) is 7.58. The van der Waals surface area contributed by atoms with Crippen LogP contribution >= 0.6 is 22.9 Å². The van der Waals surface area contributed by atoms with E-state index in [1.165, 1.54) is 11.3 Å². The van der Waals surface area contributed by atoms with Gasteiger partial charge in [-0.05, 0) is 25.0 Å². The van der Waals surface area contributed by atoms with E-state index in [0.29, 0.717) is 18.8 Å². The van der Waals surface area contributed by atoms with E-state index in [-0.39, 0.29) is 5.25 Å². The quantitative estimate of drug-likeness (QED) is 0.918. The summed E-state index contributed by atoms with van der Waals surface area (Å²) in [6, 6.07) is 3.82. The zero-order chi connectivity index (χ0) is 11.6. The molecular formula is C10H14ClNO2S2. The van der Waals surface area contributed by atoms with Gasteiger partial charge < -0.3 is 5.32 Å². The van der Waals surface area contributed by atoms with Gasteiger partial charge in [-0.1, -0.05) is 11.6 Å². The van der Waals surface area contributed by atoms with Crippen molar-refractivity contribution in [3.63, 3.8) is 0 Å². The molecule has 3 nitrogen and oxygen atoms in total. The third kappa shape index (κ3) is 2.97. The number of hydrogen-bond acceptors (Lipinski definition) is 4. The second kappa shape index (κ2) is 5.04. The van der Waals surface area contributed by atoms with Crippen LogP contribution in [0.25, 0.3) is 0 Å². The monoisotopic (exact) mass is 279 g/mol. The van der Waals surface area contributed by atoms with Crippen LogP contribution in [0.15, 0.2) is 12.1 Å². The Balaban J connectivity index is 1.80. The lowest BCUT2D eigenvalue weighted by molar-refractivity contribution is 0.575. The van der Waals surface area contributed by atoms with Gasteiger partial charge in [-0.3, -0.25) is 0 Å². The molecule has 1 saturated heterocycles. The van der Waals surface area contributed by atoms with Crippen LogP contribution in [0.4, 0.5) is 0 Å². The average molecular weight is 280 g/mol. The van der Waals surface area contributed by atoms with E-state index >= 15 is 0 Å². The third-order valence-electron chi connectivity index (χ3n) is 2.76. The molecule has 2 rings (SSSR count). The van der Waals surface area contributed by atoms with Crippen LogP contribution in [0.3, 0.4) is 0 Å². The molecule has 0 aliphatic carbocycles. The van der Waals surface area contributed by atoms with Gasteiger partial charge in [-0.2, -0.15) is 0 Å². The highest BCUT2D eigenvalue weighted by molar-refractivity contribution is 7.92. The van der Waals surface area contributed by atoms with Gasteiger partial charge in [0.15, 0.2) is 9.84 Å². The summed E-state index contributed by atoms with van der Waals surface area (Å²) in [5.74, 6) is 0.351. The predicted octanol–water partition coefficient (Wildman–Crippen LogP) is 2.07. The molecular weight excluding hydrogens is 266 g/mol. The summed E-state index contributed by atoms with van der Waals surface area (Å²) in [6.45, 7) is 1.25. The van der Waals surface area contributed by atoms with Crippen LogP contribution in [-0.4, -0.2) is 26.0 Å². The molecule has 1 fully saturated rings. The van der Waals surface area contributed by atoms with Gasteiger partial charge in [0, 0.05) is 18.0 Å². The second-order valence-corrected chi connectivity index (χ2v) is 8.17. The highest BCUT2D eigenvalue weighted by Crippen LogP contribution is 2.22. The van der Waals surface area contributed by atoms with Crippen LogP contribution in [-0.2, 0) is 16.4 Å². The van der Waals surface area contributed by atoms with E-state index < -0.39 is 9.84 Å². The van der Waals surface area contributed by atoms with Crippen molar-refractivity contribution in [1.82, 2.24) is 5.32 Å². The van der Waals surface area contributed by atoms with Crippen LogP contribution in [0.1, 0.15) is 17.7 Å². The molecule has 0 bridgehead atoms. The van der Waals surface area contributed by atoms with E-state index in [9.17, 15) is 8.42 Å². The molecule has 0 saturated carbocycles. The number of halogens is 1. The van der Waals surface area contributed by atoms with Crippen molar-refractivity contribution in [2.24, 2.45) is 0 Å². The minimum Gasteiger partial charge on any atom is -0.311 e. The number of rotatable bonds is 4. The molecule has 90 valence electrons. The van der Waals surface area contributed by atoms with Crippen molar-refractivity contribution in [2.45, 2.75) is 24.6 Å². The van der Waals surface area contributed by atoms with Crippen molar-refractivity contribution >= 4 is 32.8 Å². The van der Waals surface area contributed by atoms with Gasteiger partial charge >= 0.3 is 0 Å². The lowest BCUT2D eigenvalue weighted by Gasteiger charge is -2.09. The molecule has 1 atom stereocenters. The van der Waals surface area contributed by atoms with E-state index in [1.54, 1.807) is 0 Å². The Morgan fingerprint density at radius 2 is 2.31 bits per heavy atom. The average Bonchev–Trinajstić information content (AvgIpc) is 2.74. The Morgan fingerprint density at radius 3 is 2.88 bits per heavy atom. The molecule has 1 unspecified atom stereocenters. The van der Waals surface area contributed by atoms with Gasteiger partial charge in [0.25, 0.3) is 0 Å². The van der Waals surface area contributed by atoms with Gasteiger partial charge in [-0.25, -0.2) is 8.42 Å². The summed E-state index contributed by atoms with van der Waals surface area (Å²) in [7, 11) is -2.82. The molecule has 0 aromatic carbocycles. The van der Waals surface area contributed by atoms with Crippen molar-refractivity contribution in [3.8, 4) is 0 Å². The summed E-state index contributed by atoms with van der Waals surface area (Å²) >= 11 is 7.33. The fourth-order valence-corrected chi connectivity index (χ4v) is 4.75. The Kier molecular flexibility index (Phi) is 3.89. The molecule has 1 N–H and O–H groups in total. The number of thiophene rings is 1. The van der Waals surface area contributed by atoms with Crippen LogP contribution in [0.2, 0.25) is 4.34 Å². The minimum atomic E-state index is -2.82. The molecule has 1 aromatic heterocycles. The molecule has 1 aromatic rings. The van der Waals surface area contributed by atoms with Gasteiger partial charge in [0.1, 0.15) is 0 Å². The van der Waals surface area contributed by atoms with E-state index in [4.69, 9.17) is 11.6 Å². The maximum Gasteiger partial charge on any atom is 0.154 e. The predicted molar refractivity (Wildman–Crippen MR) is 67.8 cm³/mol. The standard InChI is InChI=1S/C10H14ClNO2S2/c11-10-4-3-8(15-10)6-12-7-9-2-1-5-16(9,13)14/h3-4,9,12H,1-2,5-7H2. The Hall–Kier alpha value is -0.100. The van der Waals surface area contributed by atoms with E-state index in [2.05, 4.69) is 5.32 Å². The summed E-state index contributed by atoms with van der Waals surface area (Å²) in [5.41, 5.74) is 0. The SMILES string of the molecule is O=S1(=O)CCCC1CNCc1ccc(Cl)s1. The highest BCUT2D eigenvalue weighted by Gasteiger charge is 2.30. The van der Waals surface area contributed by atoms with Crippen LogP contribution in [0.5, 0.6) is 0 Å². The minimum absolute atomic E-state index is 0.192. The maximum atomic E-state index is 11.5. The lowest BCUT2D eigenvalue weighted by Crippen LogP contribution is -2.29. The van der Waals surface area contributed by atoms with Gasteiger partial charge in [0.05, 0.1) is 15.3 Å². The topological polar surface area (TPSA) is 46.2 Å². The fraction of sp³-hybridized carbons (Fsp3) is 0.600. The van der Waals surface area contributed by atoms with E-state index in [1.807, 2.05) is 12.1 Å². The maximum absolute atomic E-state index is 11.5. The first-order valence-electron chi connectivity index (χ1n) is 5.24. The molecule has 2 heterocycles. The number of sulfone groups is 1. The van der Waals surface area contributed by atoms with Crippen molar-refractivity contribution in [3.05, 3.63) is 21.3 Å². The molecule has 6 heteroatoms. The zero-order valence-electron chi connectivity index (χ0n) is 8.78. The van der Waals surface area contributed by atoms with E-state index in [0.717, 1.165) is 22.1 Å². The second-order valence-electron chi connectivity index (χ2n) is 3.97. The third-order valence-corrected chi connectivity index (χ3v) is 6.27. The number of hydrogen-bond donors (Lipinski definition) is 1. The summed E-state index contributed by atoms with van der Waals surface area (Å²) in [6.07, 6.45) is 1.60. The molecule has 1 aliphatic heterocycles. The smallest absolute Gasteiger partial charge is 0.154 e. The Labute approximate surface area is 105 Å². The molecule has 0 spiro atoms.